The van der Waals surface area contributed by atoms with Gasteiger partial charge in [0.1, 0.15) is 0 Å². The summed E-state index contributed by atoms with van der Waals surface area (Å²) in [6, 6.07) is 0. The second-order valence-electron chi connectivity index (χ2n) is 1.30. The quantitative estimate of drug-likeness (QED) is 0.631. The monoisotopic (exact) mass is 326 g/mol. The fourth-order valence-corrected chi connectivity index (χ4v) is 2.42. The van der Waals surface area contributed by atoms with Gasteiger partial charge in [0, 0.05) is 41.7 Å². The molecular weight excluding hydrogens is 315 g/mol. The Bertz CT molecular complexity index is 112. The molecule has 0 aromatic carbocycles. The van der Waals surface area contributed by atoms with Crippen molar-refractivity contribution in [1.82, 2.24) is 0 Å². The van der Waals surface area contributed by atoms with E-state index in [1.807, 2.05) is 13.8 Å². The molecule has 0 unspecified atom stereocenters. The number of hydrogen-bond donors (Lipinski definition) is 1. The molecule has 6 heteroatoms. The van der Waals surface area contributed by atoms with Gasteiger partial charge >= 0.3 is 0 Å². The Morgan fingerprint density at radius 1 is 1.30 bits per heavy atom. The Kier molecular flexibility index (Phi) is 11.7. The van der Waals surface area contributed by atoms with Gasteiger partial charge in [-0.3, -0.25) is 0 Å². The maximum Gasteiger partial charge on any atom is 0.244 e. The third-order valence-corrected chi connectivity index (χ3v) is 3.08. The summed E-state index contributed by atoms with van der Waals surface area (Å²) in [5.74, 6) is 0. The minimum Gasteiger partial charge on any atom is -0.322 e. The average molecular weight is 326 g/mol. The summed E-state index contributed by atoms with van der Waals surface area (Å²) in [6.45, 7) is 4.88. The van der Waals surface area contributed by atoms with Crippen LogP contribution in [0.1, 0.15) is 13.8 Å². The Hall–Kier alpha value is 2.30. The SMILES string of the molecule is CCOP(=S)(S)OCC.[Ce]. The van der Waals surface area contributed by atoms with E-state index in [1.54, 1.807) is 0 Å². The summed E-state index contributed by atoms with van der Waals surface area (Å²) in [5.41, 5.74) is -2.16. The molecule has 0 spiro atoms. The third-order valence-electron chi connectivity index (χ3n) is 0.584. The van der Waals surface area contributed by atoms with Crippen molar-refractivity contribution >= 4 is 29.7 Å². The first-order valence-electron chi connectivity index (χ1n) is 2.74. The van der Waals surface area contributed by atoms with Crippen LogP contribution in [0.25, 0.3) is 0 Å². The zero-order valence-corrected chi connectivity index (χ0v) is 11.8. The molecule has 0 fully saturated rings. The summed E-state index contributed by atoms with van der Waals surface area (Å²) in [7, 11) is 0. The second kappa shape index (κ2) is 7.92. The molecule has 0 aliphatic carbocycles. The second-order valence-corrected chi connectivity index (χ2v) is 6.59. The first-order valence-corrected chi connectivity index (χ1v) is 6.53. The van der Waals surface area contributed by atoms with Crippen LogP contribution in [-0.2, 0) is 20.9 Å². The Labute approximate surface area is 106 Å². The molecule has 0 rings (SSSR count). The molecule has 0 amide bonds. The molecule has 0 aliphatic rings. The zero-order chi connectivity index (χ0) is 7.33. The Morgan fingerprint density at radius 2 is 1.60 bits per heavy atom. The Balaban J connectivity index is 0. The van der Waals surface area contributed by atoms with Crippen LogP contribution < -0.4 is 0 Å². The summed E-state index contributed by atoms with van der Waals surface area (Å²) in [4.78, 5) is 0. The number of rotatable bonds is 4. The van der Waals surface area contributed by atoms with E-state index in [-0.39, 0.29) is 41.7 Å². The van der Waals surface area contributed by atoms with Gasteiger partial charge in [-0.05, 0) is 25.7 Å². The molecule has 0 aliphatic heterocycles. The predicted molar refractivity (Wildman–Crippen MR) is 46.5 cm³/mol. The van der Waals surface area contributed by atoms with Crippen molar-refractivity contribution in [3.8, 4) is 0 Å². The molecule has 60 valence electrons. The van der Waals surface area contributed by atoms with Crippen molar-refractivity contribution in [1.29, 1.82) is 0 Å². The van der Waals surface area contributed by atoms with Crippen LogP contribution in [0.5, 0.6) is 0 Å². The summed E-state index contributed by atoms with van der Waals surface area (Å²) in [6.07, 6.45) is 0. The van der Waals surface area contributed by atoms with E-state index in [9.17, 15) is 0 Å². The smallest absolute Gasteiger partial charge is 0.244 e. The fourth-order valence-electron chi connectivity index (χ4n) is 0.364. The van der Waals surface area contributed by atoms with Gasteiger partial charge in [0.05, 0.1) is 13.2 Å². The third kappa shape index (κ3) is 8.39. The molecule has 0 aromatic heterocycles. The summed E-state index contributed by atoms with van der Waals surface area (Å²) in [5, 5.41) is 0. The molecule has 0 saturated carbocycles. The molecule has 0 atom stereocenters. The van der Waals surface area contributed by atoms with E-state index in [0.717, 1.165) is 0 Å². The topological polar surface area (TPSA) is 18.5 Å². The summed E-state index contributed by atoms with van der Waals surface area (Å²) >= 11 is 8.90. The van der Waals surface area contributed by atoms with Crippen molar-refractivity contribution < 1.29 is 50.8 Å². The molecular formula is C4H11CeO2PS2. The van der Waals surface area contributed by atoms with Gasteiger partial charge in [-0.25, -0.2) is 0 Å². The van der Waals surface area contributed by atoms with Crippen molar-refractivity contribution in [3.63, 3.8) is 0 Å². The molecule has 0 radical (unpaired) electrons. The first-order chi connectivity index (χ1) is 4.12. The van der Waals surface area contributed by atoms with Gasteiger partial charge < -0.3 is 9.05 Å². The normalized spacial score (nSPS) is 10.7. The zero-order valence-electron chi connectivity index (χ0n) is 6.03. The predicted octanol–water partition coefficient (Wildman–Crippen LogP) is 2.21. The minimum absolute atomic E-state index is 0. The maximum atomic E-state index is 5.04. The van der Waals surface area contributed by atoms with E-state index < -0.39 is 5.69 Å². The van der Waals surface area contributed by atoms with Crippen LogP contribution in [0.2, 0.25) is 0 Å². The maximum absolute atomic E-state index is 5.04. The van der Waals surface area contributed by atoms with E-state index in [1.165, 1.54) is 0 Å². The summed E-state index contributed by atoms with van der Waals surface area (Å²) < 4.78 is 10.1. The average Bonchev–Trinajstić information content (AvgIpc) is 1.64. The van der Waals surface area contributed by atoms with Crippen LogP contribution in [0.3, 0.4) is 0 Å². The van der Waals surface area contributed by atoms with E-state index in [2.05, 4.69) is 12.2 Å². The minimum atomic E-state index is -2.16. The number of thiol groups is 1. The first kappa shape index (κ1) is 14.8. The molecule has 2 nitrogen and oxygen atoms in total. The molecule has 0 heterocycles. The molecule has 0 N–H and O–H groups in total. The van der Waals surface area contributed by atoms with Gasteiger partial charge in [0.2, 0.25) is 5.69 Å². The molecule has 10 heavy (non-hydrogen) atoms. The van der Waals surface area contributed by atoms with Crippen molar-refractivity contribution in [3.05, 3.63) is 0 Å². The molecule has 0 aromatic rings. The van der Waals surface area contributed by atoms with Crippen molar-refractivity contribution in [2.45, 2.75) is 13.8 Å². The van der Waals surface area contributed by atoms with Crippen molar-refractivity contribution in [2.75, 3.05) is 13.2 Å². The van der Waals surface area contributed by atoms with Crippen LogP contribution in [-0.4, -0.2) is 13.2 Å². The standard InChI is InChI=1S/C4H11O2PS2.Ce/c1-3-5-7(8,9)6-4-2;/h3-4H2,1-2H3,(H,8,9);. The van der Waals surface area contributed by atoms with Crippen LogP contribution in [0.15, 0.2) is 0 Å². The van der Waals surface area contributed by atoms with Crippen LogP contribution in [0, 0.1) is 41.7 Å². The largest absolute Gasteiger partial charge is 0.322 e. The van der Waals surface area contributed by atoms with Gasteiger partial charge in [0.25, 0.3) is 0 Å². The van der Waals surface area contributed by atoms with E-state index in [4.69, 9.17) is 20.9 Å². The number of hydrogen-bond acceptors (Lipinski definition) is 3. The fraction of sp³-hybridized carbons (Fsp3) is 1.00. The van der Waals surface area contributed by atoms with Gasteiger partial charge in [-0.2, -0.15) is 0 Å². The Morgan fingerprint density at radius 3 is 1.80 bits per heavy atom. The van der Waals surface area contributed by atoms with E-state index >= 15 is 0 Å². The van der Waals surface area contributed by atoms with Gasteiger partial charge in [0.15, 0.2) is 0 Å². The van der Waals surface area contributed by atoms with Gasteiger partial charge in [-0.1, -0.05) is 12.2 Å². The van der Waals surface area contributed by atoms with Gasteiger partial charge in [-0.15, -0.1) is 0 Å². The molecule has 0 bridgehead atoms. The van der Waals surface area contributed by atoms with Crippen molar-refractivity contribution in [2.24, 2.45) is 0 Å². The van der Waals surface area contributed by atoms with Crippen LogP contribution >= 0.6 is 17.9 Å². The van der Waals surface area contributed by atoms with Crippen LogP contribution in [0.4, 0.5) is 0 Å². The molecule has 0 saturated heterocycles. The van der Waals surface area contributed by atoms with E-state index in [0.29, 0.717) is 13.2 Å².